The molecule has 0 saturated carbocycles. The van der Waals surface area contributed by atoms with Crippen molar-refractivity contribution >= 4 is 5.78 Å². The normalized spacial score (nSPS) is 14.6. The van der Waals surface area contributed by atoms with Crippen LogP contribution in [0, 0.1) is 0 Å². The molecule has 2 aromatic rings. The third kappa shape index (κ3) is 2.30. The van der Waals surface area contributed by atoms with Crippen LogP contribution < -0.4 is 0 Å². The Hall–Kier alpha value is -1.84. The van der Waals surface area contributed by atoms with Crippen molar-refractivity contribution in [1.82, 2.24) is 14.3 Å². The summed E-state index contributed by atoms with van der Waals surface area (Å²) in [5.74, 6) is 0.295. The van der Waals surface area contributed by atoms with Crippen molar-refractivity contribution in [3.05, 3.63) is 41.0 Å². The minimum absolute atomic E-state index is 0.295. The molecule has 2 heterocycles. The number of aromatic nitrogens is 3. The van der Waals surface area contributed by atoms with E-state index < -0.39 is 0 Å². The topological polar surface area (TPSA) is 39.8 Å². The Balaban J connectivity index is 1.88. The van der Waals surface area contributed by atoms with Crippen LogP contribution >= 0.6 is 0 Å². The fourth-order valence-electron chi connectivity index (χ4n) is 2.95. The van der Waals surface area contributed by atoms with Crippen LogP contribution in [0.3, 0.4) is 0 Å². The second-order valence-corrected chi connectivity index (χ2v) is 5.44. The lowest BCUT2D eigenvalue weighted by Gasteiger charge is -2.07. The average Bonchev–Trinajstić information content (AvgIpc) is 3.03. The summed E-state index contributed by atoms with van der Waals surface area (Å²) in [6.07, 6.45) is 7.81. The smallest absolute Gasteiger partial charge is 0.164 e. The number of carbonyl (C=O) groups excluding carboxylic acids is 1. The quantitative estimate of drug-likeness (QED) is 0.858. The molecular formula is C16H21N3O. The summed E-state index contributed by atoms with van der Waals surface area (Å²) in [4.78, 5) is 11.9. The number of ketones is 1. The lowest BCUT2D eigenvalue weighted by molar-refractivity contribution is 0.0973. The Morgan fingerprint density at radius 1 is 1.25 bits per heavy atom. The molecule has 0 bridgehead atoms. The predicted molar refractivity (Wildman–Crippen MR) is 78.1 cm³/mol. The number of carbonyl (C=O) groups is 1. The third-order valence-corrected chi connectivity index (χ3v) is 4.03. The first-order chi connectivity index (χ1) is 9.71. The second-order valence-electron chi connectivity index (χ2n) is 5.44. The van der Waals surface area contributed by atoms with E-state index in [2.05, 4.69) is 40.5 Å². The lowest BCUT2D eigenvalue weighted by atomic mass is 9.95. The standard InChI is InChI=1S/C16H21N3O/c1-3-13-8-14(19(4-2)17-13)10-18-9-12-6-5-7-16(20)15(12)11-18/h8-9,11H,3-7,10H2,1-2H3. The molecule has 0 aliphatic heterocycles. The van der Waals surface area contributed by atoms with E-state index in [0.717, 1.165) is 43.6 Å². The molecule has 4 nitrogen and oxygen atoms in total. The maximum absolute atomic E-state index is 11.9. The molecule has 0 aromatic carbocycles. The van der Waals surface area contributed by atoms with Crippen molar-refractivity contribution in [2.24, 2.45) is 0 Å². The van der Waals surface area contributed by atoms with Crippen molar-refractivity contribution in [2.45, 2.75) is 52.6 Å². The van der Waals surface area contributed by atoms with Gasteiger partial charge in [-0.15, -0.1) is 0 Å². The highest BCUT2D eigenvalue weighted by Gasteiger charge is 2.19. The van der Waals surface area contributed by atoms with E-state index in [0.29, 0.717) is 12.2 Å². The van der Waals surface area contributed by atoms with Crippen molar-refractivity contribution in [2.75, 3.05) is 0 Å². The van der Waals surface area contributed by atoms with Crippen molar-refractivity contribution in [1.29, 1.82) is 0 Å². The van der Waals surface area contributed by atoms with Crippen molar-refractivity contribution in [3.8, 4) is 0 Å². The van der Waals surface area contributed by atoms with Gasteiger partial charge in [0.15, 0.2) is 5.78 Å². The van der Waals surface area contributed by atoms with Crippen LogP contribution in [0.5, 0.6) is 0 Å². The molecule has 20 heavy (non-hydrogen) atoms. The molecule has 0 atom stereocenters. The number of hydrogen-bond acceptors (Lipinski definition) is 2. The van der Waals surface area contributed by atoms with Crippen molar-refractivity contribution < 1.29 is 4.79 Å². The molecular weight excluding hydrogens is 250 g/mol. The zero-order valence-corrected chi connectivity index (χ0v) is 12.2. The molecule has 0 saturated heterocycles. The first-order valence-corrected chi connectivity index (χ1v) is 7.48. The van der Waals surface area contributed by atoms with Gasteiger partial charge >= 0.3 is 0 Å². The molecule has 1 aliphatic carbocycles. The average molecular weight is 271 g/mol. The number of aryl methyl sites for hydroxylation is 3. The Labute approximate surface area is 119 Å². The highest BCUT2D eigenvalue weighted by molar-refractivity contribution is 5.98. The summed E-state index contributed by atoms with van der Waals surface area (Å²) in [6, 6.07) is 2.17. The molecule has 0 spiro atoms. The Morgan fingerprint density at radius 2 is 2.10 bits per heavy atom. The molecule has 0 N–H and O–H groups in total. The van der Waals surface area contributed by atoms with E-state index in [-0.39, 0.29) is 0 Å². The van der Waals surface area contributed by atoms with Crippen molar-refractivity contribution in [3.63, 3.8) is 0 Å². The molecule has 106 valence electrons. The van der Waals surface area contributed by atoms with Crippen LogP contribution in [0.2, 0.25) is 0 Å². The lowest BCUT2D eigenvalue weighted by Crippen LogP contribution is -2.07. The summed E-state index contributed by atoms with van der Waals surface area (Å²) < 4.78 is 4.19. The number of nitrogens with zero attached hydrogens (tertiary/aromatic N) is 3. The third-order valence-electron chi connectivity index (χ3n) is 4.03. The van der Waals surface area contributed by atoms with E-state index >= 15 is 0 Å². The zero-order valence-electron chi connectivity index (χ0n) is 12.2. The highest BCUT2D eigenvalue weighted by atomic mass is 16.1. The minimum atomic E-state index is 0.295. The van der Waals surface area contributed by atoms with Gasteiger partial charge < -0.3 is 4.57 Å². The molecule has 0 radical (unpaired) electrons. The first-order valence-electron chi connectivity index (χ1n) is 7.48. The van der Waals surface area contributed by atoms with Gasteiger partial charge in [-0.3, -0.25) is 9.48 Å². The molecule has 1 aliphatic rings. The zero-order chi connectivity index (χ0) is 14.1. The second kappa shape index (κ2) is 5.27. The van der Waals surface area contributed by atoms with Crippen LogP contribution in [-0.2, 0) is 25.9 Å². The Bertz CT molecular complexity index is 636. The van der Waals surface area contributed by atoms with Gasteiger partial charge in [-0.25, -0.2) is 0 Å². The van der Waals surface area contributed by atoms with E-state index in [9.17, 15) is 4.79 Å². The summed E-state index contributed by atoms with van der Waals surface area (Å²) in [5, 5.41) is 4.58. The van der Waals surface area contributed by atoms with Crippen LogP contribution in [0.15, 0.2) is 18.5 Å². The van der Waals surface area contributed by atoms with Gasteiger partial charge in [-0.1, -0.05) is 6.92 Å². The first kappa shape index (κ1) is 13.2. The Kier molecular flexibility index (Phi) is 3.47. The SMILES string of the molecule is CCc1cc(Cn2cc3c(c2)C(=O)CCC3)n(CC)n1. The maximum atomic E-state index is 11.9. The minimum Gasteiger partial charge on any atom is -0.347 e. The molecule has 0 fully saturated rings. The predicted octanol–water partition coefficient (Wildman–Crippen LogP) is 2.83. The number of Topliss-reactive ketones (excluding diaryl/α,β-unsaturated/α-hetero) is 1. The van der Waals surface area contributed by atoms with Gasteiger partial charge in [0.25, 0.3) is 0 Å². The summed E-state index contributed by atoms with van der Waals surface area (Å²) in [6.45, 7) is 5.91. The monoisotopic (exact) mass is 271 g/mol. The van der Waals surface area contributed by atoms with Gasteiger partial charge in [0, 0.05) is 30.9 Å². The number of rotatable bonds is 4. The molecule has 4 heteroatoms. The Morgan fingerprint density at radius 3 is 2.80 bits per heavy atom. The molecule has 0 unspecified atom stereocenters. The van der Waals surface area contributed by atoms with Gasteiger partial charge in [0.2, 0.25) is 0 Å². The fraction of sp³-hybridized carbons (Fsp3) is 0.500. The van der Waals surface area contributed by atoms with Crippen LogP contribution in [0.25, 0.3) is 0 Å². The largest absolute Gasteiger partial charge is 0.347 e. The van der Waals surface area contributed by atoms with Gasteiger partial charge in [-0.2, -0.15) is 5.10 Å². The van der Waals surface area contributed by atoms with E-state index in [1.807, 2.05) is 6.20 Å². The molecule has 3 rings (SSSR count). The highest BCUT2D eigenvalue weighted by Crippen LogP contribution is 2.22. The van der Waals surface area contributed by atoms with E-state index in [1.165, 1.54) is 11.3 Å². The van der Waals surface area contributed by atoms with Gasteiger partial charge in [0.05, 0.1) is 17.9 Å². The summed E-state index contributed by atoms with van der Waals surface area (Å²) in [7, 11) is 0. The molecule has 2 aromatic heterocycles. The number of fused-ring (bicyclic) bond motifs is 1. The van der Waals surface area contributed by atoms with Crippen LogP contribution in [-0.4, -0.2) is 20.1 Å². The summed E-state index contributed by atoms with van der Waals surface area (Å²) in [5.41, 5.74) is 4.48. The van der Waals surface area contributed by atoms with Crippen LogP contribution in [0.4, 0.5) is 0 Å². The van der Waals surface area contributed by atoms with Gasteiger partial charge in [0.1, 0.15) is 0 Å². The molecule has 0 amide bonds. The fourth-order valence-corrected chi connectivity index (χ4v) is 2.95. The van der Waals surface area contributed by atoms with Crippen LogP contribution in [0.1, 0.15) is 54.0 Å². The van der Waals surface area contributed by atoms with E-state index in [1.54, 1.807) is 0 Å². The number of hydrogen-bond donors (Lipinski definition) is 0. The maximum Gasteiger partial charge on any atom is 0.164 e. The van der Waals surface area contributed by atoms with E-state index in [4.69, 9.17) is 0 Å². The van der Waals surface area contributed by atoms with Gasteiger partial charge in [-0.05, 0) is 37.8 Å². The summed E-state index contributed by atoms with van der Waals surface area (Å²) >= 11 is 0.